The van der Waals surface area contributed by atoms with Gasteiger partial charge in [-0.2, -0.15) is 0 Å². The van der Waals surface area contributed by atoms with E-state index >= 15 is 0 Å². The number of amides is 1. The molecule has 2 heterocycles. The first-order valence-electron chi connectivity index (χ1n) is 10.8. The minimum atomic E-state index is -3.51. The zero-order valence-corrected chi connectivity index (χ0v) is 18.8. The van der Waals surface area contributed by atoms with Gasteiger partial charge in [0.25, 0.3) is 0 Å². The van der Waals surface area contributed by atoms with Crippen LogP contribution < -0.4 is 9.62 Å². The quantitative estimate of drug-likeness (QED) is 0.759. The Bertz CT molecular complexity index is 1080. The Morgan fingerprint density at radius 3 is 2.60 bits per heavy atom. The van der Waals surface area contributed by atoms with Gasteiger partial charge in [0.15, 0.2) is 0 Å². The third-order valence-electron chi connectivity index (χ3n) is 5.89. The van der Waals surface area contributed by atoms with E-state index in [1.807, 2.05) is 18.2 Å². The van der Waals surface area contributed by atoms with Gasteiger partial charge in [-0.15, -0.1) is 0 Å². The second kappa shape index (κ2) is 8.06. The van der Waals surface area contributed by atoms with Crippen molar-refractivity contribution in [3.8, 4) is 0 Å². The van der Waals surface area contributed by atoms with E-state index in [1.165, 1.54) is 11.1 Å². The third kappa shape index (κ3) is 4.10. The van der Waals surface area contributed by atoms with Crippen LogP contribution in [-0.2, 0) is 34.1 Å². The van der Waals surface area contributed by atoms with Crippen molar-refractivity contribution in [2.24, 2.45) is 5.92 Å². The molecule has 5 nitrogen and oxygen atoms in total. The molecule has 2 aliphatic rings. The van der Waals surface area contributed by atoms with Crippen LogP contribution in [0.1, 0.15) is 61.9 Å². The average molecular weight is 427 g/mol. The minimum Gasteiger partial charge on any atom is -0.303 e. The number of fused-ring (bicyclic) bond motifs is 2. The lowest BCUT2D eigenvalue weighted by molar-refractivity contribution is -0.119. The Hall–Kier alpha value is -2.34. The lowest BCUT2D eigenvalue weighted by Crippen LogP contribution is -2.44. The van der Waals surface area contributed by atoms with Gasteiger partial charge < -0.3 is 4.90 Å². The maximum absolute atomic E-state index is 13.1. The molecule has 0 saturated carbocycles. The van der Waals surface area contributed by atoms with Gasteiger partial charge in [0, 0.05) is 17.7 Å². The third-order valence-corrected chi connectivity index (χ3v) is 7.18. The summed E-state index contributed by atoms with van der Waals surface area (Å²) in [4.78, 5) is 14.8. The van der Waals surface area contributed by atoms with E-state index in [9.17, 15) is 13.2 Å². The van der Waals surface area contributed by atoms with Crippen molar-refractivity contribution < 1.29 is 13.2 Å². The van der Waals surface area contributed by atoms with Crippen LogP contribution in [0, 0.1) is 5.92 Å². The van der Waals surface area contributed by atoms with Gasteiger partial charge >= 0.3 is 0 Å². The first-order chi connectivity index (χ1) is 14.3. The predicted octanol–water partition coefficient (Wildman–Crippen LogP) is 4.61. The molecule has 2 aromatic carbocycles. The van der Waals surface area contributed by atoms with Gasteiger partial charge in [-0.3, -0.25) is 9.52 Å². The molecular formula is C24H30N2O3S. The van der Waals surface area contributed by atoms with Gasteiger partial charge in [-0.25, -0.2) is 8.42 Å². The molecule has 4 rings (SSSR count). The highest BCUT2D eigenvalue weighted by Gasteiger charge is 2.38. The first-order valence-corrected chi connectivity index (χ1v) is 12.5. The van der Waals surface area contributed by atoms with Crippen molar-refractivity contribution in [1.82, 2.24) is 0 Å². The van der Waals surface area contributed by atoms with Crippen LogP contribution in [0.15, 0.2) is 36.4 Å². The van der Waals surface area contributed by atoms with Crippen LogP contribution in [0.2, 0.25) is 0 Å². The molecule has 1 N–H and O–H groups in total. The fourth-order valence-corrected chi connectivity index (χ4v) is 6.00. The largest absolute Gasteiger partial charge is 0.303 e. The summed E-state index contributed by atoms with van der Waals surface area (Å²) in [5.41, 5.74) is 5.90. The summed E-state index contributed by atoms with van der Waals surface area (Å²) in [6, 6.07) is 11.6. The molecule has 0 bridgehead atoms. The molecule has 30 heavy (non-hydrogen) atoms. The normalized spacial score (nSPS) is 19.9. The predicted molar refractivity (Wildman–Crippen MR) is 121 cm³/mol. The molecule has 0 spiro atoms. The molecule has 0 fully saturated rings. The Balaban J connectivity index is 1.80. The van der Waals surface area contributed by atoms with Crippen molar-refractivity contribution in [3.63, 3.8) is 0 Å². The SMILES string of the molecule is CCCc1ccc2c(c1)C(N1C(=O)CCc3cc(CC(C)C)ccc31)CS(=O)(=O)N2. The van der Waals surface area contributed by atoms with Crippen LogP contribution in [0.5, 0.6) is 0 Å². The van der Waals surface area contributed by atoms with E-state index in [0.29, 0.717) is 24.4 Å². The number of hydrogen-bond acceptors (Lipinski definition) is 3. The van der Waals surface area contributed by atoms with Crippen LogP contribution in [0.4, 0.5) is 11.4 Å². The van der Waals surface area contributed by atoms with Crippen molar-refractivity contribution in [1.29, 1.82) is 0 Å². The lowest BCUT2D eigenvalue weighted by Gasteiger charge is -2.39. The van der Waals surface area contributed by atoms with Crippen LogP contribution >= 0.6 is 0 Å². The fraction of sp³-hybridized carbons (Fsp3) is 0.458. The number of rotatable bonds is 5. The average Bonchev–Trinajstić information content (AvgIpc) is 2.67. The van der Waals surface area contributed by atoms with Crippen LogP contribution in [0.3, 0.4) is 0 Å². The molecule has 0 radical (unpaired) electrons. The molecule has 6 heteroatoms. The summed E-state index contributed by atoms with van der Waals surface area (Å²) in [5.74, 6) is 0.435. The monoisotopic (exact) mass is 426 g/mol. The second-order valence-corrected chi connectivity index (χ2v) is 10.7. The zero-order valence-electron chi connectivity index (χ0n) is 17.9. The number of sulfonamides is 1. The molecule has 2 aliphatic heterocycles. The fourth-order valence-electron chi connectivity index (χ4n) is 4.66. The number of anilines is 2. The molecule has 160 valence electrons. The number of carbonyl (C=O) groups excluding carboxylic acids is 1. The van der Waals surface area contributed by atoms with E-state index in [1.54, 1.807) is 4.90 Å². The minimum absolute atomic E-state index is 0.00643. The summed E-state index contributed by atoms with van der Waals surface area (Å²) < 4.78 is 27.9. The van der Waals surface area contributed by atoms with E-state index in [2.05, 4.69) is 43.7 Å². The maximum atomic E-state index is 13.1. The van der Waals surface area contributed by atoms with Crippen LogP contribution in [-0.4, -0.2) is 20.1 Å². The molecule has 1 atom stereocenters. The number of hydrogen-bond donors (Lipinski definition) is 1. The molecule has 2 aromatic rings. The van der Waals surface area contributed by atoms with Crippen molar-refractivity contribution in [2.75, 3.05) is 15.4 Å². The number of nitrogens with one attached hydrogen (secondary N) is 1. The molecule has 0 aliphatic carbocycles. The van der Waals surface area contributed by atoms with Gasteiger partial charge in [0.05, 0.1) is 17.5 Å². The van der Waals surface area contributed by atoms with E-state index in [-0.39, 0.29) is 11.7 Å². The van der Waals surface area contributed by atoms with Gasteiger partial charge in [0.2, 0.25) is 15.9 Å². The van der Waals surface area contributed by atoms with Crippen molar-refractivity contribution in [2.45, 2.75) is 58.9 Å². The Kier molecular flexibility index (Phi) is 5.62. The van der Waals surface area contributed by atoms with Gasteiger partial charge in [-0.1, -0.05) is 51.5 Å². The highest BCUT2D eigenvalue weighted by atomic mass is 32.2. The summed E-state index contributed by atoms with van der Waals surface area (Å²) in [6.45, 7) is 6.51. The standard InChI is InChI=1S/C24H30N2O3S/c1-4-5-17-6-9-21-20(14-17)23(15-30(28,29)25-21)26-22-10-7-18(12-16(2)3)13-19(22)8-11-24(26)27/h6-7,9-10,13-14,16,23,25H,4-5,8,11-12,15H2,1-3H3. The first kappa shape index (κ1) is 20.9. The Morgan fingerprint density at radius 1 is 1.10 bits per heavy atom. The summed E-state index contributed by atoms with van der Waals surface area (Å²) in [5, 5.41) is 0. The summed E-state index contributed by atoms with van der Waals surface area (Å²) >= 11 is 0. The topological polar surface area (TPSA) is 66.5 Å². The van der Waals surface area contributed by atoms with Gasteiger partial charge in [-0.05, 0) is 54.0 Å². The second-order valence-electron chi connectivity index (χ2n) is 8.90. The van der Waals surface area contributed by atoms with E-state index in [4.69, 9.17) is 0 Å². The van der Waals surface area contributed by atoms with E-state index in [0.717, 1.165) is 36.1 Å². The summed E-state index contributed by atoms with van der Waals surface area (Å²) in [6.07, 6.45) is 4.05. The molecule has 1 amide bonds. The molecular weight excluding hydrogens is 396 g/mol. The highest BCUT2D eigenvalue weighted by molar-refractivity contribution is 7.92. The molecule has 1 unspecified atom stereocenters. The number of carbonyl (C=O) groups is 1. The highest BCUT2D eigenvalue weighted by Crippen LogP contribution is 2.41. The lowest BCUT2D eigenvalue weighted by atomic mass is 9.92. The van der Waals surface area contributed by atoms with E-state index < -0.39 is 16.1 Å². The van der Waals surface area contributed by atoms with Crippen LogP contribution in [0.25, 0.3) is 0 Å². The van der Waals surface area contributed by atoms with Crippen molar-refractivity contribution >= 4 is 27.3 Å². The number of aryl methyl sites for hydroxylation is 2. The molecule has 0 saturated heterocycles. The van der Waals surface area contributed by atoms with Gasteiger partial charge in [0.1, 0.15) is 0 Å². The van der Waals surface area contributed by atoms with Crippen molar-refractivity contribution in [3.05, 3.63) is 58.7 Å². The zero-order chi connectivity index (χ0) is 21.5. The number of nitrogens with zero attached hydrogens (tertiary/aromatic N) is 1. The Labute approximate surface area is 179 Å². The molecule has 0 aromatic heterocycles. The smallest absolute Gasteiger partial charge is 0.235 e. The summed E-state index contributed by atoms with van der Waals surface area (Å²) in [7, 11) is -3.51. The Morgan fingerprint density at radius 2 is 1.87 bits per heavy atom. The maximum Gasteiger partial charge on any atom is 0.235 e. The number of benzene rings is 2.